The van der Waals surface area contributed by atoms with Gasteiger partial charge in [0.15, 0.2) is 0 Å². The molecule has 0 radical (unpaired) electrons. The number of anilines is 1. The molecule has 0 atom stereocenters. The third kappa shape index (κ3) is 3.92. The first-order chi connectivity index (χ1) is 9.95. The van der Waals surface area contributed by atoms with Crippen molar-refractivity contribution in [3.05, 3.63) is 59.2 Å². The second kappa shape index (κ2) is 6.22. The van der Waals surface area contributed by atoms with Gasteiger partial charge in [0, 0.05) is 12.6 Å². The fourth-order valence-electron chi connectivity index (χ4n) is 2.00. The van der Waals surface area contributed by atoms with Crippen LogP contribution in [0.2, 0.25) is 0 Å². The Morgan fingerprint density at radius 2 is 1.81 bits per heavy atom. The largest absolute Gasteiger partial charge is 0.423 e. The van der Waals surface area contributed by atoms with Gasteiger partial charge in [0.05, 0.1) is 5.56 Å². The highest BCUT2D eigenvalue weighted by Crippen LogP contribution is 2.20. The third-order valence-electron chi connectivity index (χ3n) is 2.95. The Labute approximate surface area is 123 Å². The minimum absolute atomic E-state index is 0.185. The molecule has 1 N–H and O–H groups in total. The fraction of sp³-hybridized carbons (Fsp3) is 0.176. The molecule has 0 bridgehead atoms. The Hall–Kier alpha value is -2.62. The Bertz CT molecular complexity index is 692. The van der Waals surface area contributed by atoms with Crippen molar-refractivity contribution < 1.29 is 14.3 Å². The van der Waals surface area contributed by atoms with Gasteiger partial charge in [-0.15, -0.1) is 0 Å². The maximum Gasteiger partial charge on any atom is 0.343 e. The van der Waals surface area contributed by atoms with Crippen LogP contribution in [0, 0.1) is 13.8 Å². The number of ether oxygens (including phenoxy) is 1. The maximum atomic E-state index is 12.2. The summed E-state index contributed by atoms with van der Waals surface area (Å²) in [6.07, 6.45) is 0. The van der Waals surface area contributed by atoms with Crippen molar-refractivity contribution in [3.63, 3.8) is 0 Å². The van der Waals surface area contributed by atoms with Gasteiger partial charge in [0.25, 0.3) is 0 Å². The quantitative estimate of drug-likeness (QED) is 0.693. The molecule has 0 saturated carbocycles. The van der Waals surface area contributed by atoms with Crippen LogP contribution in [0.4, 0.5) is 5.69 Å². The molecule has 108 valence electrons. The summed E-state index contributed by atoms with van der Waals surface area (Å²) in [7, 11) is 0. The first-order valence-electron chi connectivity index (χ1n) is 6.63. The summed E-state index contributed by atoms with van der Waals surface area (Å²) in [4.78, 5) is 23.2. The number of esters is 1. The second-order valence-corrected chi connectivity index (χ2v) is 4.92. The lowest BCUT2D eigenvalue weighted by Gasteiger charge is -2.09. The number of carbonyl (C=O) groups excluding carboxylic acids is 2. The number of rotatable bonds is 3. The van der Waals surface area contributed by atoms with Crippen LogP contribution in [-0.4, -0.2) is 11.9 Å². The van der Waals surface area contributed by atoms with Crippen LogP contribution in [0.1, 0.15) is 28.4 Å². The molecule has 0 aliphatic carbocycles. The SMILES string of the molecule is CC(=O)Nc1cccc(C(=O)Oc2ccc(C)cc2C)c1. The average Bonchev–Trinajstić information content (AvgIpc) is 2.41. The number of nitrogens with one attached hydrogen (secondary N) is 1. The van der Waals surface area contributed by atoms with Crippen LogP contribution >= 0.6 is 0 Å². The Morgan fingerprint density at radius 3 is 2.48 bits per heavy atom. The minimum atomic E-state index is -0.450. The summed E-state index contributed by atoms with van der Waals surface area (Å²) in [5.74, 6) is -0.0976. The van der Waals surface area contributed by atoms with Gasteiger partial charge in [0.2, 0.25) is 5.91 Å². The Balaban J connectivity index is 2.18. The normalized spacial score (nSPS) is 10.0. The van der Waals surface area contributed by atoms with E-state index in [1.807, 2.05) is 26.0 Å². The molecule has 0 fully saturated rings. The van der Waals surface area contributed by atoms with Gasteiger partial charge >= 0.3 is 5.97 Å². The number of hydrogen-bond donors (Lipinski definition) is 1. The summed E-state index contributed by atoms with van der Waals surface area (Å²) in [5.41, 5.74) is 2.97. The van der Waals surface area contributed by atoms with Crippen LogP contribution in [0.5, 0.6) is 5.75 Å². The van der Waals surface area contributed by atoms with E-state index in [1.165, 1.54) is 6.92 Å². The maximum absolute atomic E-state index is 12.2. The first-order valence-corrected chi connectivity index (χ1v) is 6.63. The van der Waals surface area contributed by atoms with Gasteiger partial charge in [-0.2, -0.15) is 0 Å². The van der Waals surface area contributed by atoms with Crippen molar-refractivity contribution in [2.45, 2.75) is 20.8 Å². The molecule has 0 spiro atoms. The molecule has 2 aromatic carbocycles. The summed E-state index contributed by atoms with van der Waals surface area (Å²) in [6.45, 7) is 5.29. The van der Waals surface area contributed by atoms with E-state index >= 15 is 0 Å². The number of carbonyl (C=O) groups is 2. The van der Waals surface area contributed by atoms with Crippen molar-refractivity contribution in [1.29, 1.82) is 0 Å². The number of hydrogen-bond acceptors (Lipinski definition) is 3. The zero-order chi connectivity index (χ0) is 15.4. The molecule has 4 nitrogen and oxygen atoms in total. The lowest BCUT2D eigenvalue weighted by atomic mass is 10.1. The van der Waals surface area contributed by atoms with E-state index < -0.39 is 5.97 Å². The fourth-order valence-corrected chi connectivity index (χ4v) is 2.00. The third-order valence-corrected chi connectivity index (χ3v) is 2.95. The van der Waals surface area contributed by atoms with Gasteiger partial charge in [-0.1, -0.05) is 23.8 Å². The van der Waals surface area contributed by atoms with Crippen molar-refractivity contribution in [3.8, 4) is 5.75 Å². The van der Waals surface area contributed by atoms with E-state index in [0.29, 0.717) is 17.0 Å². The van der Waals surface area contributed by atoms with Crippen molar-refractivity contribution in [2.24, 2.45) is 0 Å². The van der Waals surface area contributed by atoms with E-state index in [4.69, 9.17) is 4.74 Å². The summed E-state index contributed by atoms with van der Waals surface area (Å²) < 4.78 is 5.39. The molecule has 0 aromatic heterocycles. The highest BCUT2D eigenvalue weighted by Gasteiger charge is 2.11. The zero-order valence-corrected chi connectivity index (χ0v) is 12.3. The minimum Gasteiger partial charge on any atom is -0.423 e. The topological polar surface area (TPSA) is 55.4 Å². The van der Waals surface area contributed by atoms with Crippen LogP contribution in [-0.2, 0) is 4.79 Å². The molecule has 2 aromatic rings. The zero-order valence-electron chi connectivity index (χ0n) is 12.3. The molecular weight excluding hydrogens is 266 g/mol. The van der Waals surface area contributed by atoms with Crippen LogP contribution in [0.25, 0.3) is 0 Å². The Kier molecular flexibility index (Phi) is 4.38. The molecule has 0 aliphatic rings. The molecule has 4 heteroatoms. The number of amides is 1. The van der Waals surface area contributed by atoms with Crippen LogP contribution in [0.15, 0.2) is 42.5 Å². The highest BCUT2D eigenvalue weighted by atomic mass is 16.5. The standard InChI is InChI=1S/C17H17NO3/c1-11-7-8-16(12(2)9-11)21-17(20)14-5-4-6-15(10-14)18-13(3)19/h4-10H,1-3H3,(H,18,19). The van der Waals surface area contributed by atoms with E-state index in [-0.39, 0.29) is 5.91 Å². The summed E-state index contributed by atoms with van der Waals surface area (Å²) >= 11 is 0. The van der Waals surface area contributed by atoms with Crippen LogP contribution in [0.3, 0.4) is 0 Å². The van der Waals surface area contributed by atoms with E-state index in [9.17, 15) is 9.59 Å². The highest BCUT2D eigenvalue weighted by molar-refractivity contribution is 5.94. The molecule has 0 saturated heterocycles. The van der Waals surface area contributed by atoms with Crippen molar-refractivity contribution in [2.75, 3.05) is 5.32 Å². The summed E-state index contributed by atoms with van der Waals surface area (Å²) in [6, 6.07) is 12.3. The lowest BCUT2D eigenvalue weighted by molar-refractivity contribution is -0.114. The molecule has 2 rings (SSSR count). The van der Waals surface area contributed by atoms with Gasteiger partial charge in [-0.05, 0) is 43.7 Å². The van der Waals surface area contributed by atoms with Gasteiger partial charge in [-0.3, -0.25) is 4.79 Å². The molecule has 0 heterocycles. The number of benzene rings is 2. The Morgan fingerprint density at radius 1 is 1.05 bits per heavy atom. The predicted molar refractivity (Wildman–Crippen MR) is 81.6 cm³/mol. The van der Waals surface area contributed by atoms with Gasteiger partial charge in [0.1, 0.15) is 5.75 Å². The molecule has 0 aliphatic heterocycles. The summed E-state index contributed by atoms with van der Waals surface area (Å²) in [5, 5.41) is 2.64. The lowest BCUT2D eigenvalue weighted by Crippen LogP contribution is -2.11. The van der Waals surface area contributed by atoms with E-state index in [1.54, 1.807) is 30.3 Å². The molecule has 0 unspecified atom stereocenters. The van der Waals surface area contributed by atoms with E-state index in [2.05, 4.69) is 5.32 Å². The number of aryl methyl sites for hydroxylation is 2. The first kappa shape index (κ1) is 14.8. The van der Waals surface area contributed by atoms with Crippen molar-refractivity contribution >= 4 is 17.6 Å². The average molecular weight is 283 g/mol. The molecule has 1 amide bonds. The monoisotopic (exact) mass is 283 g/mol. The smallest absolute Gasteiger partial charge is 0.343 e. The molecule has 21 heavy (non-hydrogen) atoms. The molecular formula is C17H17NO3. The van der Waals surface area contributed by atoms with Gasteiger partial charge in [-0.25, -0.2) is 4.79 Å². The van der Waals surface area contributed by atoms with Crippen molar-refractivity contribution in [1.82, 2.24) is 0 Å². The second-order valence-electron chi connectivity index (χ2n) is 4.92. The van der Waals surface area contributed by atoms with E-state index in [0.717, 1.165) is 11.1 Å². The predicted octanol–water partition coefficient (Wildman–Crippen LogP) is 3.48. The van der Waals surface area contributed by atoms with Crippen LogP contribution < -0.4 is 10.1 Å². The van der Waals surface area contributed by atoms with Gasteiger partial charge < -0.3 is 10.1 Å².